The molecule has 0 aromatic carbocycles. The van der Waals surface area contributed by atoms with Crippen molar-refractivity contribution >= 4 is 29.2 Å². The minimum atomic E-state index is 1.14. The second-order valence-corrected chi connectivity index (χ2v) is 4.64. The van der Waals surface area contributed by atoms with Gasteiger partial charge in [-0.1, -0.05) is 6.08 Å². The summed E-state index contributed by atoms with van der Waals surface area (Å²) in [5.41, 5.74) is 0. The average molecular weight is 222 g/mol. The molecule has 0 saturated heterocycles. The van der Waals surface area contributed by atoms with E-state index >= 15 is 0 Å². The van der Waals surface area contributed by atoms with Crippen LogP contribution in [0.2, 0.25) is 0 Å². The maximum absolute atomic E-state index is 3.60. The molecule has 2 aromatic heterocycles. The number of H-pyrrole nitrogens is 1. The normalized spacial score (nSPS) is 12.9. The van der Waals surface area contributed by atoms with Crippen LogP contribution in [0.1, 0.15) is 4.88 Å². The molecular formula is C10H10N2S2. The quantitative estimate of drug-likeness (QED) is 0.741. The van der Waals surface area contributed by atoms with Crippen LogP contribution >= 0.6 is 23.1 Å². The van der Waals surface area contributed by atoms with Crippen molar-refractivity contribution in [1.82, 2.24) is 10.2 Å². The minimum absolute atomic E-state index is 1.14. The van der Waals surface area contributed by atoms with Crippen molar-refractivity contribution in [1.29, 1.82) is 0 Å². The summed E-state index contributed by atoms with van der Waals surface area (Å²) in [6.07, 6.45) is 7.88. The standard InChI is InChI=1S/C7H6S2.C3H4N2/c1-2-6-7(8-4-1)3-5-9-6;1-2-4-5-3-1/h1-3,5H,4H2;1-3H,(H,4,5). The number of hydrogen-bond acceptors (Lipinski definition) is 3. The zero-order chi connectivity index (χ0) is 9.64. The molecule has 14 heavy (non-hydrogen) atoms. The number of hydrogen-bond donors (Lipinski definition) is 1. The highest BCUT2D eigenvalue weighted by molar-refractivity contribution is 7.99. The lowest BCUT2D eigenvalue weighted by Crippen LogP contribution is -1.78. The largest absolute Gasteiger partial charge is 0.286 e. The number of thiophene rings is 1. The van der Waals surface area contributed by atoms with Gasteiger partial charge in [0.05, 0.1) is 0 Å². The SMILES string of the molecule is C1=Cc2sccc2SC1.c1cn[nH]c1. The van der Waals surface area contributed by atoms with Gasteiger partial charge in [0.25, 0.3) is 0 Å². The van der Waals surface area contributed by atoms with E-state index in [0.717, 1.165) is 5.75 Å². The summed E-state index contributed by atoms with van der Waals surface area (Å²) in [6.45, 7) is 0. The molecule has 1 N–H and O–H groups in total. The van der Waals surface area contributed by atoms with Gasteiger partial charge in [-0.3, -0.25) is 5.10 Å². The number of aromatic nitrogens is 2. The van der Waals surface area contributed by atoms with Crippen LogP contribution < -0.4 is 0 Å². The van der Waals surface area contributed by atoms with Crippen molar-refractivity contribution in [2.45, 2.75) is 4.90 Å². The van der Waals surface area contributed by atoms with Crippen molar-refractivity contribution < 1.29 is 0 Å². The molecule has 0 radical (unpaired) electrons. The molecule has 0 spiro atoms. The van der Waals surface area contributed by atoms with Gasteiger partial charge in [-0.2, -0.15) is 5.10 Å². The summed E-state index contributed by atoms with van der Waals surface area (Å²) in [6, 6.07) is 4.02. The number of aromatic amines is 1. The smallest absolute Gasteiger partial charge is 0.0487 e. The molecule has 0 bridgehead atoms. The summed E-state index contributed by atoms with van der Waals surface area (Å²) < 4.78 is 0. The van der Waals surface area contributed by atoms with Gasteiger partial charge in [-0.15, -0.1) is 23.1 Å². The molecule has 72 valence electrons. The first-order chi connectivity index (χ1) is 6.97. The van der Waals surface area contributed by atoms with Gasteiger partial charge in [-0.05, 0) is 23.6 Å². The molecule has 0 saturated carbocycles. The first-order valence-electron chi connectivity index (χ1n) is 4.27. The van der Waals surface area contributed by atoms with Gasteiger partial charge in [0.2, 0.25) is 0 Å². The monoisotopic (exact) mass is 222 g/mol. The third kappa shape index (κ3) is 2.49. The van der Waals surface area contributed by atoms with Crippen LogP contribution in [0, 0.1) is 0 Å². The zero-order valence-corrected chi connectivity index (χ0v) is 9.15. The van der Waals surface area contributed by atoms with Gasteiger partial charge < -0.3 is 0 Å². The lowest BCUT2D eigenvalue weighted by Gasteiger charge is -2.01. The molecule has 0 atom stereocenters. The zero-order valence-electron chi connectivity index (χ0n) is 7.51. The number of nitrogens with one attached hydrogen (secondary N) is 1. The predicted octanol–water partition coefficient (Wildman–Crippen LogP) is 3.28. The van der Waals surface area contributed by atoms with E-state index < -0.39 is 0 Å². The van der Waals surface area contributed by atoms with Crippen LogP contribution in [0.15, 0.2) is 40.9 Å². The van der Waals surface area contributed by atoms with Crippen LogP contribution in [0.3, 0.4) is 0 Å². The lowest BCUT2D eigenvalue weighted by molar-refractivity contribution is 1.09. The van der Waals surface area contributed by atoms with Gasteiger partial charge >= 0.3 is 0 Å². The van der Waals surface area contributed by atoms with Crippen LogP contribution in [0.4, 0.5) is 0 Å². The highest BCUT2D eigenvalue weighted by Crippen LogP contribution is 2.31. The molecule has 0 unspecified atom stereocenters. The van der Waals surface area contributed by atoms with Crippen LogP contribution in [0.5, 0.6) is 0 Å². The fourth-order valence-corrected chi connectivity index (χ4v) is 2.92. The second-order valence-electron chi connectivity index (χ2n) is 2.63. The second kappa shape index (κ2) is 5.02. The number of fused-ring (bicyclic) bond motifs is 1. The molecule has 0 aliphatic carbocycles. The van der Waals surface area contributed by atoms with Crippen LogP contribution in [-0.4, -0.2) is 16.0 Å². The van der Waals surface area contributed by atoms with E-state index in [2.05, 4.69) is 33.8 Å². The summed E-state index contributed by atoms with van der Waals surface area (Å²) in [4.78, 5) is 2.87. The minimum Gasteiger partial charge on any atom is -0.286 e. The van der Waals surface area contributed by atoms with Crippen molar-refractivity contribution in [3.8, 4) is 0 Å². The topological polar surface area (TPSA) is 28.7 Å². The Morgan fingerprint density at radius 3 is 3.07 bits per heavy atom. The van der Waals surface area contributed by atoms with Crippen LogP contribution in [-0.2, 0) is 0 Å². The average Bonchev–Trinajstić information content (AvgIpc) is 2.92. The third-order valence-corrected chi connectivity index (χ3v) is 3.70. The molecule has 2 aromatic rings. The Kier molecular flexibility index (Phi) is 3.43. The van der Waals surface area contributed by atoms with Crippen molar-refractivity contribution in [2.75, 3.05) is 5.75 Å². The summed E-state index contributed by atoms with van der Waals surface area (Å²) in [5.74, 6) is 1.14. The predicted molar refractivity (Wildman–Crippen MR) is 62.7 cm³/mol. The van der Waals surface area contributed by atoms with E-state index in [1.165, 1.54) is 9.77 Å². The van der Waals surface area contributed by atoms with E-state index in [4.69, 9.17) is 0 Å². The van der Waals surface area contributed by atoms with Crippen molar-refractivity contribution in [2.24, 2.45) is 0 Å². The summed E-state index contributed by atoms with van der Waals surface area (Å²) in [7, 11) is 0. The van der Waals surface area contributed by atoms with Crippen LogP contribution in [0.25, 0.3) is 6.08 Å². The molecule has 0 fully saturated rings. The molecule has 3 rings (SSSR count). The summed E-state index contributed by atoms with van der Waals surface area (Å²) in [5, 5.41) is 8.35. The van der Waals surface area contributed by atoms with Crippen molar-refractivity contribution in [3.05, 3.63) is 40.9 Å². The van der Waals surface area contributed by atoms with E-state index in [9.17, 15) is 0 Å². The highest BCUT2D eigenvalue weighted by Gasteiger charge is 2.03. The van der Waals surface area contributed by atoms with Gasteiger partial charge in [0.15, 0.2) is 0 Å². The first kappa shape index (κ1) is 9.55. The fraction of sp³-hybridized carbons (Fsp3) is 0.100. The van der Waals surface area contributed by atoms with Gasteiger partial charge in [0.1, 0.15) is 0 Å². The lowest BCUT2D eigenvalue weighted by atomic mass is 10.4. The highest BCUT2D eigenvalue weighted by atomic mass is 32.2. The Labute approximate surface area is 91.1 Å². The van der Waals surface area contributed by atoms with Gasteiger partial charge in [0, 0.05) is 27.9 Å². The first-order valence-corrected chi connectivity index (χ1v) is 6.14. The van der Waals surface area contributed by atoms with Gasteiger partial charge in [-0.25, -0.2) is 0 Å². The molecule has 1 aliphatic rings. The van der Waals surface area contributed by atoms with E-state index in [1.807, 2.05) is 29.2 Å². The van der Waals surface area contributed by atoms with E-state index in [1.54, 1.807) is 12.4 Å². The third-order valence-electron chi connectivity index (χ3n) is 1.67. The number of rotatable bonds is 0. The number of thioether (sulfide) groups is 1. The Balaban J connectivity index is 0.000000128. The van der Waals surface area contributed by atoms with Crippen molar-refractivity contribution in [3.63, 3.8) is 0 Å². The fourth-order valence-electron chi connectivity index (χ4n) is 1.06. The Morgan fingerprint density at radius 1 is 1.43 bits per heavy atom. The Morgan fingerprint density at radius 2 is 2.43 bits per heavy atom. The maximum Gasteiger partial charge on any atom is 0.0487 e. The summed E-state index contributed by atoms with van der Waals surface area (Å²) >= 11 is 3.74. The van der Waals surface area contributed by atoms with E-state index in [-0.39, 0.29) is 0 Å². The molecule has 0 amide bonds. The molecule has 3 heterocycles. The molecule has 2 nitrogen and oxygen atoms in total. The Bertz CT molecular complexity index is 373. The molecular weight excluding hydrogens is 212 g/mol. The molecule has 1 aliphatic heterocycles. The maximum atomic E-state index is 3.60. The Hall–Kier alpha value is -1.00. The van der Waals surface area contributed by atoms with E-state index in [0.29, 0.717) is 0 Å². The number of nitrogens with zero attached hydrogens (tertiary/aromatic N) is 1. The molecule has 4 heteroatoms.